The average Bonchev–Trinajstić information content (AvgIpc) is 3.61. The molecule has 3 aromatic carbocycles. The Balaban J connectivity index is 0.000000168. The molecule has 1 fully saturated rings. The van der Waals surface area contributed by atoms with Crippen LogP contribution in [-0.2, 0) is 12.8 Å². The van der Waals surface area contributed by atoms with E-state index < -0.39 is 0 Å². The van der Waals surface area contributed by atoms with Gasteiger partial charge in [0.05, 0.1) is 22.9 Å². The second kappa shape index (κ2) is 11.1. The van der Waals surface area contributed by atoms with E-state index >= 15 is 0 Å². The highest BCUT2D eigenvalue weighted by Gasteiger charge is 2.28. The number of carbonyl (C=O) groups is 2. The number of carbonyl (C=O) groups excluding carboxylic acids is 2. The molecule has 45 heavy (non-hydrogen) atoms. The fraction of sp³-hybridized carbons (Fsp3) is 0.194. The minimum Gasteiger partial charge on any atom is -0.348 e. The van der Waals surface area contributed by atoms with Gasteiger partial charge in [0.15, 0.2) is 11.4 Å². The summed E-state index contributed by atoms with van der Waals surface area (Å²) in [6.45, 7) is 0. The van der Waals surface area contributed by atoms with Crippen LogP contribution in [0.3, 0.4) is 0 Å². The van der Waals surface area contributed by atoms with E-state index in [0.29, 0.717) is 28.1 Å². The van der Waals surface area contributed by atoms with E-state index in [1.807, 2.05) is 16.5 Å². The lowest BCUT2D eigenvalue weighted by Gasteiger charge is -2.24. The summed E-state index contributed by atoms with van der Waals surface area (Å²) in [4.78, 5) is 33.2. The molecule has 0 aliphatic heterocycles. The van der Waals surface area contributed by atoms with Crippen LogP contribution in [0, 0.1) is 5.92 Å². The number of halogens is 1. The first-order chi connectivity index (χ1) is 22.0. The fourth-order valence-electron chi connectivity index (χ4n) is 6.41. The predicted molar refractivity (Wildman–Crippen MR) is 175 cm³/mol. The molecule has 1 saturated carbocycles. The summed E-state index contributed by atoms with van der Waals surface area (Å²) in [5.74, 6) is 0.0281. The van der Waals surface area contributed by atoms with Crippen molar-refractivity contribution in [2.75, 3.05) is 0 Å². The molecule has 0 radical (unpaired) electrons. The molecule has 7 aromatic rings. The lowest BCUT2D eigenvalue weighted by atomic mass is 9.79. The van der Waals surface area contributed by atoms with Crippen LogP contribution < -0.4 is 5.32 Å². The molecule has 9 rings (SSSR count). The molecule has 4 heterocycles. The number of Topliss-reactive ketones (excluding diaryl/α,β-unsaturated/α-hetero) is 1. The molecule has 2 aliphatic rings. The molecule has 0 saturated heterocycles. The van der Waals surface area contributed by atoms with Gasteiger partial charge in [-0.05, 0) is 76.9 Å². The van der Waals surface area contributed by atoms with Crippen LogP contribution in [0.5, 0.6) is 0 Å². The summed E-state index contributed by atoms with van der Waals surface area (Å²) in [6, 6.07) is 23.2. The number of benzene rings is 3. The van der Waals surface area contributed by atoms with Crippen molar-refractivity contribution < 1.29 is 9.59 Å². The summed E-state index contributed by atoms with van der Waals surface area (Å²) in [5.41, 5.74) is 5.37. The van der Waals surface area contributed by atoms with E-state index in [1.54, 1.807) is 41.6 Å². The van der Waals surface area contributed by atoms with Gasteiger partial charge in [-0.15, -0.1) is 0 Å². The molecule has 1 unspecified atom stereocenters. The standard InChI is InChI=1S/C25H18ClN3O.C11H11N3O/c26-18-13-27-24-12-23(28-29(24)14-18)25(30)17-7-8-20-16(11-17)6-10-21-19-4-2-1-3-15(19)5-9-22(20)21;15-11(13-8-1-2-8)10-4-3-9-7-12-5-6-14(9)10/h1-6,9-10,12-14,17H,7-8,11H2;3-8H,1-2H2,(H,13,15). The maximum Gasteiger partial charge on any atom is 0.268 e. The molecule has 222 valence electrons. The number of nitrogens with zero attached hydrogens (tertiary/aromatic N) is 5. The summed E-state index contributed by atoms with van der Waals surface area (Å²) >= 11 is 5.99. The van der Waals surface area contributed by atoms with E-state index in [4.69, 9.17) is 11.6 Å². The Hall–Kier alpha value is -5.08. The Bertz CT molecular complexity index is 2270. The van der Waals surface area contributed by atoms with Gasteiger partial charge in [-0.25, -0.2) is 9.50 Å². The Morgan fingerprint density at radius 3 is 2.67 bits per heavy atom. The van der Waals surface area contributed by atoms with Crippen LogP contribution in [0.15, 0.2) is 97.7 Å². The molecule has 0 spiro atoms. The van der Waals surface area contributed by atoms with Crippen molar-refractivity contribution >= 4 is 56.0 Å². The maximum atomic E-state index is 13.2. The van der Waals surface area contributed by atoms with Crippen LogP contribution in [0.4, 0.5) is 0 Å². The van der Waals surface area contributed by atoms with Crippen LogP contribution in [0.1, 0.15) is 51.4 Å². The van der Waals surface area contributed by atoms with Gasteiger partial charge in [-0.2, -0.15) is 5.10 Å². The maximum absolute atomic E-state index is 13.2. The predicted octanol–water partition coefficient (Wildman–Crippen LogP) is 6.90. The summed E-state index contributed by atoms with van der Waals surface area (Å²) in [5, 5.41) is 13.0. The Kier molecular flexibility index (Phi) is 6.79. The van der Waals surface area contributed by atoms with Gasteiger partial charge in [-0.3, -0.25) is 14.6 Å². The Morgan fingerprint density at radius 2 is 1.78 bits per heavy atom. The highest BCUT2D eigenvalue weighted by atomic mass is 35.5. The monoisotopic (exact) mass is 612 g/mol. The molecule has 8 nitrogen and oxygen atoms in total. The van der Waals surface area contributed by atoms with Crippen LogP contribution in [0.25, 0.3) is 32.7 Å². The van der Waals surface area contributed by atoms with Gasteiger partial charge in [0.25, 0.3) is 5.91 Å². The molecule has 1 amide bonds. The van der Waals surface area contributed by atoms with Crippen LogP contribution in [-0.4, -0.2) is 41.7 Å². The average molecular weight is 613 g/mol. The lowest BCUT2D eigenvalue weighted by molar-refractivity contribution is 0.0902. The van der Waals surface area contributed by atoms with E-state index in [1.165, 1.54) is 32.7 Å². The minimum absolute atomic E-state index is 0.00343. The normalized spacial score (nSPS) is 16.0. The first-order valence-corrected chi connectivity index (χ1v) is 15.6. The van der Waals surface area contributed by atoms with Gasteiger partial charge in [-0.1, -0.05) is 60.1 Å². The van der Waals surface area contributed by atoms with Crippen molar-refractivity contribution in [3.63, 3.8) is 0 Å². The number of aromatic nitrogens is 5. The second-order valence-corrected chi connectivity index (χ2v) is 12.3. The number of amides is 1. The van der Waals surface area contributed by atoms with Gasteiger partial charge in [0, 0.05) is 36.6 Å². The van der Waals surface area contributed by atoms with Crippen molar-refractivity contribution in [3.8, 4) is 0 Å². The van der Waals surface area contributed by atoms with Crippen LogP contribution >= 0.6 is 11.6 Å². The number of aryl methyl sites for hydroxylation is 1. The Labute approximate surface area is 263 Å². The molecule has 0 bridgehead atoms. The van der Waals surface area contributed by atoms with E-state index in [9.17, 15) is 9.59 Å². The van der Waals surface area contributed by atoms with Gasteiger partial charge >= 0.3 is 0 Å². The molecule has 1 N–H and O–H groups in total. The summed E-state index contributed by atoms with van der Waals surface area (Å²) < 4.78 is 3.43. The first-order valence-electron chi connectivity index (χ1n) is 15.2. The summed E-state index contributed by atoms with van der Waals surface area (Å²) in [7, 11) is 0. The number of nitrogens with one attached hydrogen (secondary N) is 1. The molecule has 1 atom stereocenters. The SMILES string of the molecule is O=C(NC1CC1)c1ccc2cnccn12.O=C(c1cc2ncc(Cl)cn2n1)C1CCc2c(ccc3c2ccc2ccccc23)C1. The molecule has 4 aromatic heterocycles. The highest BCUT2D eigenvalue weighted by Crippen LogP contribution is 2.35. The third-order valence-electron chi connectivity index (χ3n) is 8.85. The number of fused-ring (bicyclic) bond motifs is 7. The van der Waals surface area contributed by atoms with Crippen molar-refractivity contribution in [2.45, 2.75) is 38.1 Å². The van der Waals surface area contributed by atoms with Crippen molar-refractivity contribution in [3.05, 3.63) is 125 Å². The van der Waals surface area contributed by atoms with E-state index in [2.05, 4.69) is 68.9 Å². The fourth-order valence-corrected chi connectivity index (χ4v) is 6.55. The third kappa shape index (κ3) is 5.21. The van der Waals surface area contributed by atoms with Crippen molar-refractivity contribution in [1.82, 2.24) is 29.3 Å². The van der Waals surface area contributed by atoms with Crippen molar-refractivity contribution in [2.24, 2.45) is 5.92 Å². The topological polar surface area (TPSA) is 93.7 Å². The molecular formula is C36H29ClN6O2. The number of ketones is 1. The zero-order valence-electron chi connectivity index (χ0n) is 24.4. The lowest BCUT2D eigenvalue weighted by Crippen LogP contribution is -2.26. The molecule has 2 aliphatic carbocycles. The quantitative estimate of drug-likeness (QED) is 0.172. The number of hydrogen-bond donors (Lipinski definition) is 1. The molecular weight excluding hydrogens is 584 g/mol. The zero-order valence-corrected chi connectivity index (χ0v) is 25.1. The van der Waals surface area contributed by atoms with E-state index in [-0.39, 0.29) is 17.6 Å². The van der Waals surface area contributed by atoms with Crippen molar-refractivity contribution in [1.29, 1.82) is 0 Å². The van der Waals surface area contributed by atoms with Gasteiger partial charge in [0.1, 0.15) is 11.4 Å². The zero-order chi connectivity index (χ0) is 30.5. The third-order valence-corrected chi connectivity index (χ3v) is 9.05. The number of rotatable bonds is 4. The van der Waals surface area contributed by atoms with Crippen LogP contribution in [0.2, 0.25) is 5.02 Å². The molecule has 9 heteroatoms. The van der Waals surface area contributed by atoms with Gasteiger partial charge < -0.3 is 9.72 Å². The summed E-state index contributed by atoms with van der Waals surface area (Å²) in [6.07, 6.45) is 13.2. The number of hydrogen-bond acceptors (Lipinski definition) is 5. The smallest absolute Gasteiger partial charge is 0.268 e. The largest absolute Gasteiger partial charge is 0.348 e. The van der Waals surface area contributed by atoms with Gasteiger partial charge in [0.2, 0.25) is 0 Å². The van der Waals surface area contributed by atoms with E-state index in [0.717, 1.165) is 37.6 Å². The Morgan fingerprint density at radius 1 is 0.911 bits per heavy atom. The minimum atomic E-state index is -0.0595. The first kappa shape index (κ1) is 27.5. The second-order valence-electron chi connectivity index (χ2n) is 11.8. The highest BCUT2D eigenvalue weighted by molar-refractivity contribution is 6.30.